The molecule has 1 aromatic heterocycles. The third kappa shape index (κ3) is 3.33. The van der Waals surface area contributed by atoms with Crippen LogP contribution < -0.4 is 4.74 Å². The zero-order valence-electron chi connectivity index (χ0n) is 6.78. The summed E-state index contributed by atoms with van der Waals surface area (Å²) in [6, 6.07) is 2.88. The summed E-state index contributed by atoms with van der Waals surface area (Å²) in [6.45, 7) is -0.874. The van der Waals surface area contributed by atoms with Gasteiger partial charge in [-0.05, 0) is 6.07 Å². The standard InChI is InChI=1S/C8H9F2NO2/c9-8(10)5-13-7-1-2-11-6(3-7)4-12/h1-3,8,12H,4-5H2. The van der Waals surface area contributed by atoms with Crippen LogP contribution in [0.2, 0.25) is 0 Å². The molecule has 0 unspecified atom stereocenters. The lowest BCUT2D eigenvalue weighted by Gasteiger charge is -2.05. The summed E-state index contributed by atoms with van der Waals surface area (Å²) in [5.74, 6) is 0.291. The predicted molar refractivity (Wildman–Crippen MR) is 41.7 cm³/mol. The molecule has 72 valence electrons. The van der Waals surface area contributed by atoms with E-state index in [1.54, 1.807) is 0 Å². The summed E-state index contributed by atoms with van der Waals surface area (Å²) in [5, 5.41) is 8.67. The van der Waals surface area contributed by atoms with E-state index in [0.29, 0.717) is 11.4 Å². The molecule has 1 rings (SSSR count). The highest BCUT2D eigenvalue weighted by atomic mass is 19.3. The van der Waals surface area contributed by atoms with Gasteiger partial charge in [-0.15, -0.1) is 0 Å². The first-order valence-corrected chi connectivity index (χ1v) is 3.69. The van der Waals surface area contributed by atoms with E-state index in [1.807, 2.05) is 0 Å². The Balaban J connectivity index is 2.56. The second kappa shape index (κ2) is 4.71. The molecule has 3 nitrogen and oxygen atoms in total. The number of aromatic nitrogens is 1. The molecule has 0 fully saturated rings. The quantitative estimate of drug-likeness (QED) is 0.774. The fraction of sp³-hybridized carbons (Fsp3) is 0.375. The van der Waals surface area contributed by atoms with E-state index in [9.17, 15) is 8.78 Å². The normalized spacial score (nSPS) is 10.5. The van der Waals surface area contributed by atoms with Gasteiger partial charge in [-0.25, -0.2) is 8.78 Å². The number of halogens is 2. The number of ether oxygens (including phenoxy) is 1. The Hall–Kier alpha value is -1.23. The van der Waals surface area contributed by atoms with Crippen molar-refractivity contribution in [3.8, 4) is 5.75 Å². The lowest BCUT2D eigenvalue weighted by molar-refractivity contribution is 0.0817. The van der Waals surface area contributed by atoms with Crippen LogP contribution in [0.1, 0.15) is 5.69 Å². The Morgan fingerprint density at radius 2 is 2.31 bits per heavy atom. The molecule has 5 heteroatoms. The summed E-state index contributed by atoms with van der Waals surface area (Å²) in [7, 11) is 0. The van der Waals surface area contributed by atoms with Crippen molar-refractivity contribution in [3.05, 3.63) is 24.0 Å². The topological polar surface area (TPSA) is 42.4 Å². The zero-order valence-corrected chi connectivity index (χ0v) is 6.78. The van der Waals surface area contributed by atoms with E-state index in [1.165, 1.54) is 18.3 Å². The minimum absolute atomic E-state index is 0.230. The van der Waals surface area contributed by atoms with Crippen LogP contribution >= 0.6 is 0 Å². The van der Waals surface area contributed by atoms with Crippen LogP contribution in [0, 0.1) is 0 Å². The van der Waals surface area contributed by atoms with Gasteiger partial charge in [-0.1, -0.05) is 0 Å². The van der Waals surface area contributed by atoms with Crippen molar-refractivity contribution in [1.29, 1.82) is 0 Å². The number of aliphatic hydroxyl groups is 1. The monoisotopic (exact) mass is 189 g/mol. The highest BCUT2D eigenvalue weighted by molar-refractivity contribution is 5.22. The van der Waals surface area contributed by atoms with Gasteiger partial charge in [0.05, 0.1) is 12.3 Å². The van der Waals surface area contributed by atoms with E-state index < -0.39 is 13.0 Å². The van der Waals surface area contributed by atoms with Crippen molar-refractivity contribution >= 4 is 0 Å². The molecule has 0 spiro atoms. The van der Waals surface area contributed by atoms with Gasteiger partial charge in [-0.2, -0.15) is 0 Å². The van der Waals surface area contributed by atoms with Crippen molar-refractivity contribution in [1.82, 2.24) is 4.98 Å². The molecule has 0 radical (unpaired) electrons. The van der Waals surface area contributed by atoms with Crippen molar-refractivity contribution in [3.63, 3.8) is 0 Å². The maximum atomic E-state index is 11.7. The molecule has 0 atom stereocenters. The van der Waals surface area contributed by atoms with Gasteiger partial charge < -0.3 is 9.84 Å². The molecule has 1 N–H and O–H groups in total. The Kier molecular flexibility index (Phi) is 3.57. The molecule has 0 aromatic carbocycles. The van der Waals surface area contributed by atoms with Gasteiger partial charge in [-0.3, -0.25) is 4.98 Å². The molecule has 0 aliphatic rings. The fourth-order valence-electron chi connectivity index (χ4n) is 0.792. The molecular formula is C8H9F2NO2. The first-order chi connectivity index (χ1) is 6.22. The van der Waals surface area contributed by atoms with Gasteiger partial charge >= 0.3 is 0 Å². The second-order valence-electron chi connectivity index (χ2n) is 2.34. The summed E-state index contributed by atoms with van der Waals surface area (Å²) in [6.07, 6.45) is -1.10. The lowest BCUT2D eigenvalue weighted by atomic mass is 10.3. The van der Waals surface area contributed by atoms with Gasteiger partial charge in [0.25, 0.3) is 6.43 Å². The Morgan fingerprint density at radius 1 is 1.54 bits per heavy atom. The van der Waals surface area contributed by atoms with Crippen LogP contribution in [-0.4, -0.2) is 23.1 Å². The molecule has 0 aliphatic carbocycles. The molecule has 0 aliphatic heterocycles. The lowest BCUT2D eigenvalue weighted by Crippen LogP contribution is -2.07. The number of pyridine rings is 1. The molecule has 1 aromatic rings. The highest BCUT2D eigenvalue weighted by Crippen LogP contribution is 2.11. The number of rotatable bonds is 4. The zero-order chi connectivity index (χ0) is 9.68. The smallest absolute Gasteiger partial charge is 0.272 e. The number of nitrogens with zero attached hydrogens (tertiary/aromatic N) is 1. The van der Waals surface area contributed by atoms with E-state index in [4.69, 9.17) is 9.84 Å². The SMILES string of the molecule is OCc1cc(OCC(F)F)ccn1. The van der Waals surface area contributed by atoms with Crippen LogP contribution in [0.25, 0.3) is 0 Å². The largest absolute Gasteiger partial charge is 0.488 e. The highest BCUT2D eigenvalue weighted by Gasteiger charge is 2.03. The minimum atomic E-state index is -2.49. The molecule has 0 saturated heterocycles. The van der Waals surface area contributed by atoms with Gasteiger partial charge in [0.2, 0.25) is 0 Å². The fourth-order valence-corrected chi connectivity index (χ4v) is 0.792. The van der Waals surface area contributed by atoms with E-state index in [-0.39, 0.29) is 6.61 Å². The van der Waals surface area contributed by atoms with E-state index >= 15 is 0 Å². The predicted octanol–water partition coefficient (Wildman–Crippen LogP) is 1.22. The van der Waals surface area contributed by atoms with Crippen molar-refractivity contribution in [2.24, 2.45) is 0 Å². The maximum absolute atomic E-state index is 11.7. The molecule has 0 saturated carbocycles. The second-order valence-corrected chi connectivity index (χ2v) is 2.34. The third-order valence-electron chi connectivity index (χ3n) is 1.33. The Morgan fingerprint density at radius 3 is 2.92 bits per heavy atom. The first-order valence-electron chi connectivity index (χ1n) is 3.69. The van der Waals surface area contributed by atoms with Crippen LogP contribution in [-0.2, 0) is 6.61 Å². The minimum Gasteiger partial charge on any atom is -0.488 e. The summed E-state index contributed by atoms with van der Waals surface area (Å²) >= 11 is 0. The number of aliphatic hydroxyl groups excluding tert-OH is 1. The van der Waals surface area contributed by atoms with E-state index in [2.05, 4.69) is 4.98 Å². The van der Waals surface area contributed by atoms with Crippen molar-refractivity contribution < 1.29 is 18.6 Å². The Labute approximate surface area is 74.0 Å². The van der Waals surface area contributed by atoms with Crippen LogP contribution in [0.3, 0.4) is 0 Å². The molecular weight excluding hydrogens is 180 g/mol. The molecule has 13 heavy (non-hydrogen) atoms. The van der Waals surface area contributed by atoms with E-state index in [0.717, 1.165) is 0 Å². The number of hydrogen-bond donors (Lipinski definition) is 1. The average molecular weight is 189 g/mol. The first kappa shape index (κ1) is 9.85. The number of hydrogen-bond acceptors (Lipinski definition) is 3. The molecule has 0 amide bonds. The molecule has 0 bridgehead atoms. The Bertz CT molecular complexity index is 268. The summed E-state index contributed by atoms with van der Waals surface area (Å²) in [4.78, 5) is 3.77. The summed E-state index contributed by atoms with van der Waals surface area (Å²) in [5.41, 5.74) is 0.395. The average Bonchev–Trinajstić information content (AvgIpc) is 2.15. The molecule has 1 heterocycles. The van der Waals surface area contributed by atoms with Gasteiger partial charge in [0.1, 0.15) is 12.4 Å². The summed E-state index contributed by atoms with van der Waals surface area (Å²) < 4.78 is 28.1. The van der Waals surface area contributed by atoms with Gasteiger partial charge in [0.15, 0.2) is 0 Å². The van der Waals surface area contributed by atoms with Crippen molar-refractivity contribution in [2.75, 3.05) is 6.61 Å². The third-order valence-corrected chi connectivity index (χ3v) is 1.33. The van der Waals surface area contributed by atoms with Crippen LogP contribution in [0.15, 0.2) is 18.3 Å². The maximum Gasteiger partial charge on any atom is 0.272 e. The van der Waals surface area contributed by atoms with Crippen LogP contribution in [0.4, 0.5) is 8.78 Å². The van der Waals surface area contributed by atoms with Crippen LogP contribution in [0.5, 0.6) is 5.75 Å². The van der Waals surface area contributed by atoms with Gasteiger partial charge in [0, 0.05) is 12.3 Å². The number of alkyl halides is 2. The van der Waals surface area contributed by atoms with Crippen molar-refractivity contribution in [2.45, 2.75) is 13.0 Å².